The van der Waals surface area contributed by atoms with E-state index in [9.17, 15) is 4.39 Å². The van der Waals surface area contributed by atoms with Crippen molar-refractivity contribution in [3.8, 4) is 5.75 Å². The highest BCUT2D eigenvalue weighted by Gasteiger charge is 2.15. The highest BCUT2D eigenvalue weighted by molar-refractivity contribution is 5.31. The molecule has 1 aromatic heterocycles. The van der Waals surface area contributed by atoms with Gasteiger partial charge in [-0.2, -0.15) is 5.10 Å². The van der Waals surface area contributed by atoms with Crippen LogP contribution in [0.25, 0.3) is 0 Å². The summed E-state index contributed by atoms with van der Waals surface area (Å²) in [6, 6.07) is 7.21. The second kappa shape index (κ2) is 6.72. The number of hydrogen-bond acceptors (Lipinski definition) is 3. The molecule has 0 saturated carbocycles. The molecule has 0 saturated heterocycles. The summed E-state index contributed by atoms with van der Waals surface area (Å²) in [4.78, 5) is 0. The number of nitrogens with zero attached hydrogens (tertiary/aromatic N) is 2. The summed E-state index contributed by atoms with van der Waals surface area (Å²) >= 11 is 0. The van der Waals surface area contributed by atoms with Crippen LogP contribution in [0.5, 0.6) is 5.75 Å². The number of aromatic nitrogens is 2. The molecule has 2 rings (SSSR count). The summed E-state index contributed by atoms with van der Waals surface area (Å²) < 4.78 is 20.7. The van der Waals surface area contributed by atoms with Gasteiger partial charge in [0, 0.05) is 25.2 Å². The Morgan fingerprint density at radius 3 is 2.67 bits per heavy atom. The molecule has 1 unspecified atom stereocenters. The summed E-state index contributed by atoms with van der Waals surface area (Å²) in [5, 5.41) is 7.69. The van der Waals surface area contributed by atoms with E-state index in [1.54, 1.807) is 6.07 Å². The number of hydrogen-bond donors (Lipinski definition) is 1. The minimum atomic E-state index is -0.338. The number of ether oxygens (including phenoxy) is 1. The van der Waals surface area contributed by atoms with E-state index in [4.69, 9.17) is 4.74 Å². The fraction of sp³-hybridized carbons (Fsp3) is 0.438. The normalized spacial score (nSPS) is 12.4. The molecule has 0 aliphatic heterocycles. The predicted molar refractivity (Wildman–Crippen MR) is 81.0 cm³/mol. The molecule has 4 nitrogen and oxygen atoms in total. The third-order valence-electron chi connectivity index (χ3n) is 3.73. The summed E-state index contributed by atoms with van der Waals surface area (Å²) in [6.07, 6.45) is 1.67. The molecule has 0 aliphatic rings. The van der Waals surface area contributed by atoms with Crippen LogP contribution in [-0.2, 0) is 19.9 Å². The first kappa shape index (κ1) is 15.5. The van der Waals surface area contributed by atoms with Gasteiger partial charge in [0.05, 0.1) is 12.8 Å². The van der Waals surface area contributed by atoms with Crippen molar-refractivity contribution in [1.82, 2.24) is 15.1 Å². The van der Waals surface area contributed by atoms with Gasteiger partial charge in [-0.05, 0) is 37.2 Å². The second-order valence-electron chi connectivity index (χ2n) is 5.04. The minimum absolute atomic E-state index is 0.0329. The number of rotatable bonds is 6. The van der Waals surface area contributed by atoms with E-state index in [1.165, 1.54) is 13.2 Å². The zero-order valence-corrected chi connectivity index (χ0v) is 13.0. The fourth-order valence-electron chi connectivity index (χ4n) is 2.43. The monoisotopic (exact) mass is 291 g/mol. The molecule has 1 heterocycles. The van der Waals surface area contributed by atoms with E-state index < -0.39 is 0 Å². The highest BCUT2D eigenvalue weighted by atomic mass is 19.1. The van der Waals surface area contributed by atoms with Gasteiger partial charge >= 0.3 is 0 Å². The zero-order chi connectivity index (χ0) is 15.4. The summed E-state index contributed by atoms with van der Waals surface area (Å²) in [7, 11) is 5.29. The summed E-state index contributed by atoms with van der Waals surface area (Å²) in [5.41, 5.74) is 3.10. The Bertz CT molecular complexity index is 610. The zero-order valence-electron chi connectivity index (χ0n) is 13.0. The average molecular weight is 291 g/mol. The van der Waals surface area contributed by atoms with Crippen molar-refractivity contribution >= 4 is 0 Å². The third kappa shape index (κ3) is 3.42. The highest BCUT2D eigenvalue weighted by Crippen LogP contribution is 2.24. The molecule has 114 valence electrons. The fourth-order valence-corrected chi connectivity index (χ4v) is 2.43. The number of aryl methyl sites for hydroxylation is 2. The third-order valence-corrected chi connectivity index (χ3v) is 3.73. The lowest BCUT2D eigenvalue weighted by molar-refractivity contribution is 0.385. The molecular weight excluding hydrogens is 269 g/mol. The first-order chi connectivity index (χ1) is 10.1. The molecule has 0 spiro atoms. The Morgan fingerprint density at radius 1 is 1.38 bits per heavy atom. The van der Waals surface area contributed by atoms with Gasteiger partial charge in [-0.15, -0.1) is 0 Å². The van der Waals surface area contributed by atoms with E-state index in [0.717, 1.165) is 29.8 Å². The molecule has 1 N–H and O–H groups in total. The molecule has 21 heavy (non-hydrogen) atoms. The Kier molecular flexibility index (Phi) is 4.96. The summed E-state index contributed by atoms with van der Waals surface area (Å²) in [5.74, 6) is -0.0723. The van der Waals surface area contributed by atoms with E-state index >= 15 is 0 Å². The Morgan fingerprint density at radius 2 is 2.14 bits per heavy atom. The van der Waals surface area contributed by atoms with E-state index in [2.05, 4.69) is 23.4 Å². The van der Waals surface area contributed by atoms with Crippen LogP contribution in [0.3, 0.4) is 0 Å². The number of methoxy groups -OCH3 is 1. The molecule has 0 fully saturated rings. The van der Waals surface area contributed by atoms with Crippen molar-refractivity contribution < 1.29 is 9.13 Å². The maximum absolute atomic E-state index is 13.9. The van der Waals surface area contributed by atoms with Crippen LogP contribution in [0.15, 0.2) is 24.3 Å². The van der Waals surface area contributed by atoms with E-state index in [1.807, 2.05) is 24.8 Å². The molecule has 0 bridgehead atoms. The van der Waals surface area contributed by atoms with Crippen molar-refractivity contribution in [2.24, 2.45) is 7.05 Å². The lowest BCUT2D eigenvalue weighted by Gasteiger charge is -2.17. The van der Waals surface area contributed by atoms with Gasteiger partial charge in [0.15, 0.2) is 11.6 Å². The van der Waals surface area contributed by atoms with Gasteiger partial charge in [-0.25, -0.2) is 4.39 Å². The van der Waals surface area contributed by atoms with Gasteiger partial charge in [0.2, 0.25) is 0 Å². The van der Waals surface area contributed by atoms with Crippen LogP contribution in [0.4, 0.5) is 4.39 Å². The van der Waals surface area contributed by atoms with Crippen LogP contribution in [0.1, 0.15) is 29.9 Å². The van der Waals surface area contributed by atoms with E-state index in [-0.39, 0.29) is 17.6 Å². The van der Waals surface area contributed by atoms with Gasteiger partial charge in [0.1, 0.15) is 0 Å². The average Bonchev–Trinajstić information content (AvgIpc) is 2.85. The van der Waals surface area contributed by atoms with E-state index in [0.29, 0.717) is 0 Å². The van der Waals surface area contributed by atoms with Crippen LogP contribution in [0.2, 0.25) is 0 Å². The molecule has 5 heteroatoms. The molecular formula is C16H22FN3O. The lowest BCUT2D eigenvalue weighted by atomic mass is 10.0. The van der Waals surface area contributed by atoms with Gasteiger partial charge in [-0.1, -0.05) is 13.0 Å². The second-order valence-corrected chi connectivity index (χ2v) is 5.04. The molecule has 1 atom stereocenters. The minimum Gasteiger partial charge on any atom is -0.494 e. The number of halogens is 1. The van der Waals surface area contributed by atoms with Gasteiger partial charge < -0.3 is 10.1 Å². The van der Waals surface area contributed by atoms with Gasteiger partial charge in [0.25, 0.3) is 0 Å². The lowest BCUT2D eigenvalue weighted by Crippen LogP contribution is -2.20. The van der Waals surface area contributed by atoms with Gasteiger partial charge in [-0.3, -0.25) is 4.68 Å². The standard InChI is InChI=1S/C16H22FN3O/c1-5-12-9-13(20(3)19-12)10-15(18-2)11-6-7-16(21-4)14(17)8-11/h6-9,15,18H,5,10H2,1-4H3. The topological polar surface area (TPSA) is 39.1 Å². The maximum atomic E-state index is 13.9. The van der Waals surface area contributed by atoms with Crippen LogP contribution in [0, 0.1) is 5.82 Å². The maximum Gasteiger partial charge on any atom is 0.165 e. The van der Waals surface area contributed by atoms with Crippen molar-refractivity contribution in [1.29, 1.82) is 0 Å². The summed E-state index contributed by atoms with van der Waals surface area (Å²) in [6.45, 7) is 2.08. The largest absolute Gasteiger partial charge is 0.494 e. The van der Waals surface area contributed by atoms with Crippen molar-refractivity contribution in [3.63, 3.8) is 0 Å². The van der Waals surface area contributed by atoms with Crippen molar-refractivity contribution in [3.05, 3.63) is 47.0 Å². The molecule has 0 amide bonds. The van der Waals surface area contributed by atoms with Crippen LogP contribution >= 0.6 is 0 Å². The Hall–Kier alpha value is -1.88. The number of benzene rings is 1. The van der Waals surface area contributed by atoms with Crippen LogP contribution < -0.4 is 10.1 Å². The smallest absolute Gasteiger partial charge is 0.165 e. The Labute approximate surface area is 124 Å². The molecule has 2 aromatic rings. The molecule has 1 aromatic carbocycles. The Balaban J connectivity index is 2.23. The van der Waals surface area contributed by atoms with Crippen molar-refractivity contribution in [2.45, 2.75) is 25.8 Å². The molecule has 0 aliphatic carbocycles. The number of nitrogens with one attached hydrogen (secondary N) is 1. The quantitative estimate of drug-likeness (QED) is 0.889. The molecule has 0 radical (unpaired) electrons. The first-order valence-corrected chi connectivity index (χ1v) is 7.11. The first-order valence-electron chi connectivity index (χ1n) is 7.11. The predicted octanol–water partition coefficient (Wildman–Crippen LogP) is 2.63. The van der Waals surface area contributed by atoms with Crippen LogP contribution in [-0.4, -0.2) is 23.9 Å². The SMILES string of the molecule is CCc1cc(CC(NC)c2ccc(OC)c(F)c2)n(C)n1. The number of likely N-dealkylation sites (N-methyl/N-ethyl adjacent to an activating group) is 1. The van der Waals surface area contributed by atoms with Crippen molar-refractivity contribution in [2.75, 3.05) is 14.2 Å².